The largest absolute Gasteiger partial charge is 0.392 e. The van der Waals surface area contributed by atoms with Gasteiger partial charge in [0, 0.05) is 56.6 Å². The van der Waals surface area contributed by atoms with Crippen LogP contribution in [0.15, 0.2) is 90.3 Å². The van der Waals surface area contributed by atoms with Crippen molar-refractivity contribution in [1.82, 2.24) is 20.3 Å². The molecule has 3 aromatic carbocycles. The highest BCUT2D eigenvalue weighted by Crippen LogP contribution is 2.39. The highest BCUT2D eigenvalue weighted by molar-refractivity contribution is 7.99. The van der Waals surface area contributed by atoms with E-state index in [2.05, 4.69) is 10.3 Å². The minimum absolute atomic E-state index is 0.00223. The highest BCUT2D eigenvalue weighted by Gasteiger charge is 2.32. The van der Waals surface area contributed by atoms with Crippen LogP contribution in [0.25, 0.3) is 11.1 Å². The summed E-state index contributed by atoms with van der Waals surface area (Å²) in [5, 5.41) is 21.9. The van der Waals surface area contributed by atoms with E-state index >= 15 is 0 Å². The Hall–Kier alpha value is -4.00. The van der Waals surface area contributed by atoms with E-state index in [9.17, 15) is 14.7 Å². The number of nitrogens with one attached hydrogen (secondary N) is 2. The molecule has 1 fully saturated rings. The summed E-state index contributed by atoms with van der Waals surface area (Å²) in [7, 11) is 1.98. The summed E-state index contributed by atoms with van der Waals surface area (Å²) >= 11 is 1.66. The van der Waals surface area contributed by atoms with Gasteiger partial charge >= 0.3 is 0 Å². The number of hydroxylamine groups is 1. The Morgan fingerprint density at radius 1 is 0.956 bits per heavy atom. The number of benzene rings is 3. The molecule has 3 atom stereocenters. The molecule has 0 aliphatic carbocycles. The third kappa shape index (κ3) is 9.03. The lowest BCUT2D eigenvalue weighted by atomic mass is 9.99. The molecule has 0 spiro atoms. The molecule has 1 saturated heterocycles. The molecule has 0 radical (unpaired) electrons. The molecule has 1 aliphatic rings. The van der Waals surface area contributed by atoms with Gasteiger partial charge in [-0.25, -0.2) is 10.5 Å². The molecule has 1 aliphatic heterocycles. The Labute approximate surface area is 266 Å². The molecule has 1 aromatic heterocycles. The average Bonchev–Trinajstić information content (AvgIpc) is 3.50. The van der Waals surface area contributed by atoms with Gasteiger partial charge in [0.1, 0.15) is 0 Å². The maximum Gasteiger partial charge on any atom is 0.243 e. The maximum atomic E-state index is 12.2. The zero-order valence-electron chi connectivity index (χ0n) is 25.1. The first-order chi connectivity index (χ1) is 21.9. The van der Waals surface area contributed by atoms with Gasteiger partial charge in [0.25, 0.3) is 0 Å². The van der Waals surface area contributed by atoms with Crippen molar-refractivity contribution in [3.63, 3.8) is 0 Å². The second-order valence-electron chi connectivity index (χ2n) is 11.0. The standard InChI is InChI=1S/C34H38N4O6S/c1-38-17-16-35-34(38)45-22-29-19-30(26-10-8-23(21-39)9-11-26)44-33(43-29)27-14-12-25(13-15-27)28-5-2-4-24(18-28)20-36-31(40)6-3-7-32(41)37-42/h2,4-5,8-18,29-30,33,39,42H,3,6-7,19-22H2,1H3,(H,36,40)(H,37,41). The lowest BCUT2D eigenvalue weighted by Gasteiger charge is -2.36. The molecule has 2 heterocycles. The third-order valence-corrected chi connectivity index (χ3v) is 8.85. The van der Waals surface area contributed by atoms with Crippen LogP contribution in [-0.2, 0) is 39.3 Å². The quantitative estimate of drug-likeness (QED) is 0.0899. The molecule has 11 heteroatoms. The van der Waals surface area contributed by atoms with Crippen LogP contribution in [0.5, 0.6) is 0 Å². The smallest absolute Gasteiger partial charge is 0.243 e. The number of aliphatic hydroxyl groups excluding tert-OH is 1. The number of aryl methyl sites for hydroxylation is 1. The number of rotatable bonds is 13. The normalized spacial score (nSPS) is 18.0. The van der Waals surface area contributed by atoms with E-state index in [-0.39, 0.29) is 37.6 Å². The van der Waals surface area contributed by atoms with Gasteiger partial charge in [-0.2, -0.15) is 0 Å². The van der Waals surface area contributed by atoms with Crippen molar-refractivity contribution >= 4 is 23.6 Å². The molecule has 45 heavy (non-hydrogen) atoms. The van der Waals surface area contributed by atoms with Gasteiger partial charge < -0.3 is 24.5 Å². The van der Waals surface area contributed by atoms with Crippen molar-refractivity contribution in [3.8, 4) is 11.1 Å². The van der Waals surface area contributed by atoms with Crippen LogP contribution in [0.1, 0.15) is 60.3 Å². The van der Waals surface area contributed by atoms with Crippen LogP contribution in [0, 0.1) is 0 Å². The zero-order valence-corrected chi connectivity index (χ0v) is 25.9. The Balaban J connectivity index is 1.24. The molecule has 5 rings (SSSR count). The number of thioether (sulfide) groups is 1. The Morgan fingerprint density at radius 3 is 2.42 bits per heavy atom. The third-order valence-electron chi connectivity index (χ3n) is 7.66. The first kappa shape index (κ1) is 32.4. The monoisotopic (exact) mass is 630 g/mol. The predicted molar refractivity (Wildman–Crippen MR) is 170 cm³/mol. The van der Waals surface area contributed by atoms with Crippen molar-refractivity contribution in [2.45, 2.75) is 62.5 Å². The Morgan fingerprint density at radius 2 is 1.71 bits per heavy atom. The summed E-state index contributed by atoms with van der Waals surface area (Å²) in [6.07, 6.45) is 4.30. The van der Waals surface area contributed by atoms with E-state index in [4.69, 9.17) is 14.7 Å². The number of amides is 2. The van der Waals surface area contributed by atoms with Crippen molar-refractivity contribution in [3.05, 3.63) is 107 Å². The lowest BCUT2D eigenvalue weighted by Crippen LogP contribution is -2.31. The first-order valence-corrected chi connectivity index (χ1v) is 15.9. The highest BCUT2D eigenvalue weighted by atomic mass is 32.2. The minimum Gasteiger partial charge on any atom is -0.392 e. The molecule has 0 saturated carbocycles. The number of hydrogen-bond donors (Lipinski definition) is 4. The molecule has 3 unspecified atom stereocenters. The maximum absolute atomic E-state index is 12.2. The zero-order chi connectivity index (χ0) is 31.6. The van der Waals surface area contributed by atoms with Gasteiger partial charge in [-0.15, -0.1) is 0 Å². The molecule has 236 valence electrons. The average molecular weight is 631 g/mol. The van der Waals surface area contributed by atoms with E-state index < -0.39 is 12.2 Å². The number of aromatic nitrogens is 2. The van der Waals surface area contributed by atoms with Gasteiger partial charge in [-0.3, -0.25) is 14.8 Å². The second kappa shape index (κ2) is 15.8. The predicted octanol–water partition coefficient (Wildman–Crippen LogP) is 5.21. The topological polar surface area (TPSA) is 135 Å². The molecular formula is C34H38N4O6S. The van der Waals surface area contributed by atoms with Gasteiger partial charge in [0.2, 0.25) is 11.8 Å². The van der Waals surface area contributed by atoms with Crippen LogP contribution in [0.2, 0.25) is 0 Å². The summed E-state index contributed by atoms with van der Waals surface area (Å²) in [5.74, 6) is 0.0769. The van der Waals surface area contributed by atoms with E-state index in [0.29, 0.717) is 19.4 Å². The van der Waals surface area contributed by atoms with Crippen molar-refractivity contribution in [2.24, 2.45) is 7.05 Å². The summed E-state index contributed by atoms with van der Waals surface area (Å²) in [6, 6.07) is 24.0. The molecule has 4 aromatic rings. The fraction of sp³-hybridized carbons (Fsp3) is 0.324. The van der Waals surface area contributed by atoms with Crippen molar-refractivity contribution in [2.75, 3.05) is 5.75 Å². The number of ether oxygens (including phenoxy) is 2. The SMILES string of the molecule is Cn1ccnc1SCC1CC(c2ccc(CO)cc2)OC(c2ccc(-c3cccc(CNC(=O)CCCC(=O)NO)c3)cc2)O1. The van der Waals surface area contributed by atoms with Crippen molar-refractivity contribution < 1.29 is 29.4 Å². The molecular weight excluding hydrogens is 592 g/mol. The number of aliphatic hydroxyl groups is 1. The summed E-state index contributed by atoms with van der Waals surface area (Å²) < 4.78 is 15.0. The lowest BCUT2D eigenvalue weighted by molar-refractivity contribution is -0.245. The minimum atomic E-state index is -0.549. The number of nitrogens with zero attached hydrogens (tertiary/aromatic N) is 2. The van der Waals surface area contributed by atoms with Gasteiger partial charge in [-0.05, 0) is 40.3 Å². The van der Waals surface area contributed by atoms with Gasteiger partial charge in [0.05, 0.1) is 18.8 Å². The fourth-order valence-corrected chi connectivity index (χ4v) is 6.08. The Kier molecular flexibility index (Phi) is 11.4. The van der Waals surface area contributed by atoms with Crippen LogP contribution in [-0.4, -0.2) is 43.5 Å². The van der Waals surface area contributed by atoms with Crippen LogP contribution >= 0.6 is 11.8 Å². The van der Waals surface area contributed by atoms with E-state index in [1.807, 2.05) is 90.6 Å². The number of hydrogen-bond acceptors (Lipinski definition) is 8. The fourth-order valence-electron chi connectivity index (χ4n) is 5.13. The van der Waals surface area contributed by atoms with Crippen LogP contribution in [0.3, 0.4) is 0 Å². The van der Waals surface area contributed by atoms with Gasteiger partial charge in [0.15, 0.2) is 11.4 Å². The number of imidazole rings is 1. The van der Waals surface area contributed by atoms with E-state index in [0.717, 1.165) is 44.3 Å². The van der Waals surface area contributed by atoms with E-state index in [1.165, 1.54) is 0 Å². The summed E-state index contributed by atoms with van der Waals surface area (Å²) in [4.78, 5) is 27.7. The molecule has 4 N–H and O–H groups in total. The molecule has 2 amide bonds. The summed E-state index contributed by atoms with van der Waals surface area (Å²) in [6.45, 7) is 0.372. The van der Waals surface area contributed by atoms with Crippen molar-refractivity contribution in [1.29, 1.82) is 0 Å². The van der Waals surface area contributed by atoms with E-state index in [1.54, 1.807) is 23.4 Å². The number of carbonyl (C=O) groups excluding carboxylic acids is 2. The van der Waals surface area contributed by atoms with Gasteiger partial charge in [-0.1, -0.05) is 78.5 Å². The first-order valence-electron chi connectivity index (χ1n) is 14.9. The Bertz CT molecular complexity index is 1560. The number of carbonyl (C=O) groups is 2. The molecule has 0 bridgehead atoms. The second-order valence-corrected chi connectivity index (χ2v) is 12.0. The summed E-state index contributed by atoms with van der Waals surface area (Å²) in [5.41, 5.74) is 7.39. The molecule has 10 nitrogen and oxygen atoms in total. The van der Waals surface area contributed by atoms with Crippen LogP contribution in [0.4, 0.5) is 0 Å². The van der Waals surface area contributed by atoms with Crippen LogP contribution < -0.4 is 10.8 Å².